The average Bonchev–Trinajstić information content (AvgIpc) is 2.68. The number of ether oxygens (including phenoxy) is 1. The van der Waals surface area contributed by atoms with Crippen LogP contribution in [-0.2, 0) is 9.53 Å². The summed E-state index contributed by atoms with van der Waals surface area (Å²) in [7, 11) is 1.70. The van der Waals surface area contributed by atoms with Crippen molar-refractivity contribution in [3.05, 3.63) is 0 Å². The summed E-state index contributed by atoms with van der Waals surface area (Å²) in [4.78, 5) is 15.3. The summed E-state index contributed by atoms with van der Waals surface area (Å²) in [6.07, 6.45) is 6.24. The molecule has 1 N–H and O–H groups in total. The predicted octanol–water partition coefficient (Wildman–Crippen LogP) is 1.11. The van der Waals surface area contributed by atoms with Gasteiger partial charge in [-0.05, 0) is 18.8 Å². The fraction of sp³-hybridized carbons (Fsp3) is 0.818. The second-order valence-electron chi connectivity index (χ2n) is 4.30. The maximum Gasteiger partial charge on any atom is 0.247 e. The van der Waals surface area contributed by atoms with Crippen LogP contribution in [0.3, 0.4) is 0 Å². The molecule has 0 saturated heterocycles. The number of methoxy groups -OCH3 is 1. The Kier molecular flexibility index (Phi) is 3.36. The number of nitrogens with zero attached hydrogens (tertiary/aromatic N) is 1. The van der Waals surface area contributed by atoms with Gasteiger partial charge in [0, 0.05) is 7.11 Å². The third-order valence-electron chi connectivity index (χ3n) is 3.26. The Morgan fingerprint density at radius 2 is 2.13 bits per heavy atom. The highest BCUT2D eigenvalue weighted by molar-refractivity contribution is 6.06. The van der Waals surface area contributed by atoms with E-state index in [0.29, 0.717) is 5.92 Å². The summed E-state index contributed by atoms with van der Waals surface area (Å²) in [5, 5.41) is 2.79. The lowest BCUT2D eigenvalue weighted by Gasteiger charge is -2.28. The Hall–Kier alpha value is -0.900. The number of rotatable bonds is 3. The molecular weight excluding hydrogens is 192 g/mol. The minimum atomic E-state index is -0.0112. The molecule has 1 unspecified atom stereocenters. The lowest BCUT2D eigenvalue weighted by atomic mass is 9.85. The molecule has 15 heavy (non-hydrogen) atoms. The molecule has 1 aliphatic carbocycles. The van der Waals surface area contributed by atoms with Crippen LogP contribution in [-0.4, -0.2) is 31.5 Å². The van der Waals surface area contributed by atoms with Gasteiger partial charge < -0.3 is 10.1 Å². The van der Waals surface area contributed by atoms with Crippen molar-refractivity contribution in [2.24, 2.45) is 10.9 Å². The zero-order valence-electron chi connectivity index (χ0n) is 9.16. The maximum atomic E-state index is 11.1. The van der Waals surface area contributed by atoms with Crippen molar-refractivity contribution in [2.45, 2.75) is 38.2 Å². The third kappa shape index (κ3) is 2.37. The van der Waals surface area contributed by atoms with Gasteiger partial charge >= 0.3 is 0 Å². The minimum absolute atomic E-state index is 0.00301. The molecule has 84 valence electrons. The van der Waals surface area contributed by atoms with E-state index < -0.39 is 0 Å². The summed E-state index contributed by atoms with van der Waals surface area (Å²) in [5.74, 6) is 1.26. The highest BCUT2D eigenvalue weighted by Gasteiger charge is 2.30. The molecule has 0 radical (unpaired) electrons. The molecule has 0 aromatic rings. The Morgan fingerprint density at radius 1 is 1.40 bits per heavy atom. The summed E-state index contributed by atoms with van der Waals surface area (Å²) < 4.78 is 5.48. The van der Waals surface area contributed by atoms with Crippen LogP contribution in [0.15, 0.2) is 4.99 Å². The van der Waals surface area contributed by atoms with Crippen LogP contribution in [0.2, 0.25) is 0 Å². The molecule has 4 nitrogen and oxygen atoms in total. The Morgan fingerprint density at radius 3 is 2.67 bits per heavy atom. The Balaban J connectivity index is 1.99. The van der Waals surface area contributed by atoms with Crippen molar-refractivity contribution < 1.29 is 9.53 Å². The van der Waals surface area contributed by atoms with Crippen molar-refractivity contribution in [2.75, 3.05) is 13.7 Å². The Bertz CT molecular complexity index is 270. The minimum Gasteiger partial charge on any atom is -0.373 e. The fourth-order valence-electron chi connectivity index (χ4n) is 2.50. The van der Waals surface area contributed by atoms with E-state index in [1.807, 2.05) is 0 Å². The van der Waals surface area contributed by atoms with Crippen LogP contribution in [0.4, 0.5) is 0 Å². The molecule has 4 heteroatoms. The van der Waals surface area contributed by atoms with E-state index >= 15 is 0 Å². The summed E-state index contributed by atoms with van der Waals surface area (Å²) in [6.45, 7) is 0.266. The van der Waals surface area contributed by atoms with E-state index in [2.05, 4.69) is 10.3 Å². The number of hydrogen-bond donors (Lipinski definition) is 1. The molecule has 1 saturated carbocycles. The highest BCUT2D eigenvalue weighted by atomic mass is 16.5. The van der Waals surface area contributed by atoms with Crippen LogP contribution >= 0.6 is 0 Å². The molecule has 2 rings (SSSR count). The van der Waals surface area contributed by atoms with E-state index in [0.717, 1.165) is 5.84 Å². The first-order valence-electron chi connectivity index (χ1n) is 5.68. The van der Waals surface area contributed by atoms with Crippen LogP contribution < -0.4 is 5.32 Å². The van der Waals surface area contributed by atoms with Crippen molar-refractivity contribution in [1.82, 2.24) is 5.32 Å². The van der Waals surface area contributed by atoms with E-state index in [1.54, 1.807) is 7.11 Å². The lowest BCUT2D eigenvalue weighted by molar-refractivity contribution is -0.117. The molecule has 0 aromatic carbocycles. The predicted molar refractivity (Wildman–Crippen MR) is 57.8 cm³/mol. The van der Waals surface area contributed by atoms with Gasteiger partial charge in [-0.2, -0.15) is 0 Å². The molecule has 1 fully saturated rings. The number of carbonyl (C=O) groups excluding carboxylic acids is 1. The monoisotopic (exact) mass is 210 g/mol. The summed E-state index contributed by atoms with van der Waals surface area (Å²) >= 11 is 0. The average molecular weight is 210 g/mol. The largest absolute Gasteiger partial charge is 0.373 e. The van der Waals surface area contributed by atoms with Crippen molar-refractivity contribution in [3.8, 4) is 0 Å². The molecule has 1 atom stereocenters. The van der Waals surface area contributed by atoms with Gasteiger partial charge in [0.2, 0.25) is 5.91 Å². The quantitative estimate of drug-likeness (QED) is 0.758. The number of amidine groups is 1. The van der Waals surface area contributed by atoms with Gasteiger partial charge in [-0.25, -0.2) is 0 Å². The van der Waals surface area contributed by atoms with Gasteiger partial charge in [0.25, 0.3) is 0 Å². The molecule has 0 spiro atoms. The first-order valence-corrected chi connectivity index (χ1v) is 5.68. The zero-order chi connectivity index (χ0) is 10.7. The number of hydrogen-bond acceptors (Lipinski definition) is 3. The van der Waals surface area contributed by atoms with Crippen molar-refractivity contribution >= 4 is 11.7 Å². The number of amides is 1. The van der Waals surface area contributed by atoms with Gasteiger partial charge in [0.15, 0.2) is 0 Å². The van der Waals surface area contributed by atoms with Gasteiger partial charge in [-0.15, -0.1) is 0 Å². The van der Waals surface area contributed by atoms with E-state index in [4.69, 9.17) is 4.74 Å². The van der Waals surface area contributed by atoms with Gasteiger partial charge in [-0.1, -0.05) is 19.3 Å². The zero-order valence-corrected chi connectivity index (χ0v) is 9.16. The Labute approximate surface area is 90.1 Å². The highest BCUT2D eigenvalue weighted by Crippen LogP contribution is 2.28. The van der Waals surface area contributed by atoms with Crippen LogP contribution in [0, 0.1) is 5.92 Å². The molecule has 0 aromatic heterocycles. The first-order chi connectivity index (χ1) is 7.31. The van der Waals surface area contributed by atoms with Crippen LogP contribution in [0.25, 0.3) is 0 Å². The van der Waals surface area contributed by atoms with Crippen LogP contribution in [0.1, 0.15) is 32.1 Å². The van der Waals surface area contributed by atoms with E-state index in [1.165, 1.54) is 32.1 Å². The molecule has 1 heterocycles. The van der Waals surface area contributed by atoms with Gasteiger partial charge in [0.1, 0.15) is 18.5 Å². The molecule has 1 aliphatic heterocycles. The SMILES string of the molecule is COC(C1=NCC(=O)N1)C1CCCCC1. The third-order valence-corrected chi connectivity index (χ3v) is 3.26. The molecule has 0 bridgehead atoms. The first kappa shape index (κ1) is 10.6. The van der Waals surface area contributed by atoms with Crippen molar-refractivity contribution in [1.29, 1.82) is 0 Å². The normalized spacial score (nSPS) is 24.9. The van der Waals surface area contributed by atoms with Crippen LogP contribution in [0.5, 0.6) is 0 Å². The molecular formula is C11H18N2O2. The number of aliphatic imine (C=N–C) groups is 1. The lowest BCUT2D eigenvalue weighted by Crippen LogP contribution is -2.40. The summed E-state index contributed by atoms with van der Waals surface area (Å²) in [5.41, 5.74) is 0. The van der Waals surface area contributed by atoms with Gasteiger partial charge in [-0.3, -0.25) is 9.79 Å². The second kappa shape index (κ2) is 4.75. The maximum absolute atomic E-state index is 11.1. The second-order valence-corrected chi connectivity index (χ2v) is 4.30. The number of carbonyl (C=O) groups is 1. The van der Waals surface area contributed by atoms with E-state index in [-0.39, 0.29) is 18.6 Å². The van der Waals surface area contributed by atoms with Crippen molar-refractivity contribution in [3.63, 3.8) is 0 Å². The molecule has 2 aliphatic rings. The summed E-state index contributed by atoms with van der Waals surface area (Å²) in [6, 6.07) is 0. The molecule has 1 amide bonds. The van der Waals surface area contributed by atoms with E-state index in [9.17, 15) is 4.79 Å². The topological polar surface area (TPSA) is 50.7 Å². The standard InChI is InChI=1S/C11H18N2O2/c1-15-10(8-5-3-2-4-6-8)11-12-7-9(14)13-11/h8,10H,2-7H2,1H3,(H,12,13,14). The smallest absolute Gasteiger partial charge is 0.247 e. The fourth-order valence-corrected chi connectivity index (χ4v) is 2.50. The number of nitrogens with one attached hydrogen (secondary N) is 1. The van der Waals surface area contributed by atoms with Gasteiger partial charge in [0.05, 0.1) is 0 Å².